The molecule has 3 rings (SSSR count). The Labute approximate surface area is 134 Å². The molecule has 0 N–H and O–H groups in total. The number of thioether (sulfide) groups is 2. The van der Waals surface area contributed by atoms with Gasteiger partial charge in [-0.2, -0.15) is 5.26 Å². The van der Waals surface area contributed by atoms with Crippen LogP contribution in [-0.4, -0.2) is 40.1 Å². The van der Waals surface area contributed by atoms with Crippen LogP contribution in [-0.2, 0) is 11.2 Å². The molecule has 0 aliphatic carbocycles. The summed E-state index contributed by atoms with van der Waals surface area (Å²) in [6, 6.07) is 10.7. The Morgan fingerprint density at radius 3 is 2.76 bits per heavy atom. The summed E-state index contributed by atoms with van der Waals surface area (Å²) in [6.07, 6.45) is 4.38. The summed E-state index contributed by atoms with van der Waals surface area (Å²) in [5, 5.41) is 9.34. The summed E-state index contributed by atoms with van der Waals surface area (Å²) in [5.74, 6) is 0.240. The van der Waals surface area contributed by atoms with E-state index >= 15 is 0 Å². The van der Waals surface area contributed by atoms with Crippen molar-refractivity contribution >= 4 is 29.4 Å². The minimum atomic E-state index is -0.289. The fraction of sp³-hybridized carbons (Fsp3) is 0.500. The molecule has 2 heterocycles. The van der Waals surface area contributed by atoms with E-state index in [9.17, 15) is 10.1 Å². The van der Waals surface area contributed by atoms with Gasteiger partial charge in [-0.1, -0.05) is 18.2 Å². The fourth-order valence-corrected chi connectivity index (χ4v) is 4.93. The van der Waals surface area contributed by atoms with Crippen LogP contribution in [0.2, 0.25) is 0 Å². The molecule has 1 unspecified atom stereocenters. The first-order chi connectivity index (χ1) is 10.2. The Balaban J connectivity index is 1.63. The van der Waals surface area contributed by atoms with E-state index in [2.05, 4.69) is 18.2 Å². The number of carbonyl (C=O) groups excluding carboxylic acids is 1. The van der Waals surface area contributed by atoms with Crippen LogP contribution >= 0.6 is 23.5 Å². The number of rotatable bonds is 2. The second kappa shape index (κ2) is 5.94. The smallest absolute Gasteiger partial charge is 0.236 e. The number of amides is 1. The third kappa shape index (κ3) is 2.79. The third-order valence-electron chi connectivity index (χ3n) is 4.40. The molecule has 1 aromatic carbocycles. The van der Waals surface area contributed by atoms with Gasteiger partial charge in [0.2, 0.25) is 5.91 Å². The predicted octanol–water partition coefficient (Wildman–Crippen LogP) is 2.95. The van der Waals surface area contributed by atoms with E-state index in [1.165, 1.54) is 10.5 Å². The van der Waals surface area contributed by atoms with Gasteiger partial charge in [-0.25, -0.2) is 0 Å². The van der Waals surface area contributed by atoms with Crippen molar-refractivity contribution in [3.8, 4) is 6.07 Å². The molecule has 0 aromatic heterocycles. The molecule has 2 aliphatic rings. The zero-order valence-electron chi connectivity index (χ0n) is 12.0. The second-order valence-corrected chi connectivity index (χ2v) is 7.99. The van der Waals surface area contributed by atoms with Crippen molar-refractivity contribution in [2.75, 3.05) is 19.3 Å². The maximum atomic E-state index is 12.7. The monoisotopic (exact) mass is 318 g/mol. The number of nitriles is 1. The van der Waals surface area contributed by atoms with Gasteiger partial charge in [0, 0.05) is 18.0 Å². The maximum absolute atomic E-state index is 12.7. The highest BCUT2D eigenvalue weighted by Crippen LogP contribution is 2.39. The van der Waals surface area contributed by atoms with E-state index in [4.69, 9.17) is 0 Å². The van der Waals surface area contributed by atoms with Crippen molar-refractivity contribution < 1.29 is 4.79 Å². The first kappa shape index (κ1) is 14.8. The number of likely N-dealkylation sites (tertiary alicyclic amines) is 1. The van der Waals surface area contributed by atoms with Gasteiger partial charge < -0.3 is 4.90 Å². The van der Waals surface area contributed by atoms with Gasteiger partial charge in [-0.3, -0.25) is 4.79 Å². The Morgan fingerprint density at radius 1 is 1.43 bits per heavy atom. The highest BCUT2D eigenvalue weighted by Gasteiger charge is 2.38. The average molecular weight is 318 g/mol. The molecule has 1 atom stereocenters. The summed E-state index contributed by atoms with van der Waals surface area (Å²) >= 11 is 3.31. The van der Waals surface area contributed by atoms with Crippen LogP contribution in [0.3, 0.4) is 0 Å². The van der Waals surface area contributed by atoms with Crippen molar-refractivity contribution in [1.29, 1.82) is 5.26 Å². The lowest BCUT2D eigenvalue weighted by Crippen LogP contribution is -2.47. The molecule has 1 aromatic rings. The van der Waals surface area contributed by atoms with Gasteiger partial charge in [-0.15, -0.1) is 23.5 Å². The average Bonchev–Trinajstić information content (AvgIpc) is 2.98. The number of benzene rings is 1. The van der Waals surface area contributed by atoms with Crippen LogP contribution in [0.4, 0.5) is 0 Å². The number of fused-ring (bicyclic) bond motifs is 1. The SMILES string of the molecule is CSC1(C#N)CCN(C(=O)C2Cc3ccccc3S2)CC1. The summed E-state index contributed by atoms with van der Waals surface area (Å²) < 4.78 is -0.289. The quantitative estimate of drug-likeness (QED) is 0.841. The molecule has 0 bridgehead atoms. The molecule has 1 fully saturated rings. The number of hydrogen-bond donors (Lipinski definition) is 0. The highest BCUT2D eigenvalue weighted by atomic mass is 32.2. The summed E-state index contributed by atoms with van der Waals surface area (Å²) in [7, 11) is 0. The Bertz CT molecular complexity index is 563. The van der Waals surface area contributed by atoms with E-state index in [-0.39, 0.29) is 15.9 Å². The lowest BCUT2D eigenvalue weighted by molar-refractivity contribution is -0.131. The molecule has 0 radical (unpaired) electrons. The molecule has 0 saturated carbocycles. The van der Waals surface area contributed by atoms with Crippen LogP contribution in [0.1, 0.15) is 18.4 Å². The van der Waals surface area contributed by atoms with Crippen molar-refractivity contribution in [2.24, 2.45) is 0 Å². The lowest BCUT2D eigenvalue weighted by atomic mass is 9.96. The summed E-state index contributed by atoms with van der Waals surface area (Å²) in [6.45, 7) is 1.42. The minimum Gasteiger partial charge on any atom is -0.342 e. The van der Waals surface area contributed by atoms with E-state index in [1.54, 1.807) is 23.5 Å². The molecule has 110 valence electrons. The van der Waals surface area contributed by atoms with Crippen molar-refractivity contribution in [3.05, 3.63) is 29.8 Å². The second-order valence-electron chi connectivity index (χ2n) is 5.55. The van der Waals surface area contributed by atoms with Crippen LogP contribution < -0.4 is 0 Å². The molecule has 0 spiro atoms. The summed E-state index contributed by atoms with van der Waals surface area (Å²) in [5.41, 5.74) is 1.29. The number of hydrogen-bond acceptors (Lipinski definition) is 4. The van der Waals surface area contributed by atoms with Crippen LogP contribution in [0, 0.1) is 11.3 Å². The molecule has 21 heavy (non-hydrogen) atoms. The number of carbonyl (C=O) groups is 1. The normalized spacial score (nSPS) is 23.4. The fourth-order valence-electron chi connectivity index (χ4n) is 2.97. The molecule has 3 nitrogen and oxygen atoms in total. The zero-order chi connectivity index (χ0) is 14.9. The molecule has 5 heteroatoms. The largest absolute Gasteiger partial charge is 0.342 e. The van der Waals surface area contributed by atoms with E-state index < -0.39 is 0 Å². The first-order valence-corrected chi connectivity index (χ1v) is 9.28. The van der Waals surface area contributed by atoms with E-state index in [0.29, 0.717) is 13.1 Å². The standard InChI is InChI=1S/C16H18N2OS2/c1-20-16(11-17)6-8-18(9-7-16)15(19)14-10-12-4-2-3-5-13(12)21-14/h2-5,14H,6-10H2,1H3. The van der Waals surface area contributed by atoms with Crippen LogP contribution in [0.5, 0.6) is 0 Å². The Kier molecular flexibility index (Phi) is 4.19. The van der Waals surface area contributed by atoms with Gasteiger partial charge in [0.25, 0.3) is 0 Å². The van der Waals surface area contributed by atoms with Gasteiger partial charge in [0.15, 0.2) is 0 Å². The van der Waals surface area contributed by atoms with Crippen molar-refractivity contribution in [1.82, 2.24) is 4.90 Å². The Hall–Kier alpha value is -1.12. The summed E-state index contributed by atoms with van der Waals surface area (Å²) in [4.78, 5) is 15.9. The maximum Gasteiger partial charge on any atom is 0.236 e. The van der Waals surface area contributed by atoms with E-state index in [1.807, 2.05) is 23.3 Å². The van der Waals surface area contributed by atoms with Crippen LogP contribution in [0.15, 0.2) is 29.2 Å². The van der Waals surface area contributed by atoms with Crippen molar-refractivity contribution in [2.45, 2.75) is 34.2 Å². The predicted molar refractivity (Wildman–Crippen MR) is 87.5 cm³/mol. The van der Waals surface area contributed by atoms with Gasteiger partial charge in [0.05, 0.1) is 11.3 Å². The number of nitrogens with zero attached hydrogens (tertiary/aromatic N) is 2. The molecule has 1 amide bonds. The topological polar surface area (TPSA) is 44.1 Å². The van der Waals surface area contributed by atoms with Gasteiger partial charge >= 0.3 is 0 Å². The first-order valence-electron chi connectivity index (χ1n) is 7.17. The van der Waals surface area contributed by atoms with Crippen LogP contribution in [0.25, 0.3) is 0 Å². The molecule has 2 aliphatic heterocycles. The van der Waals surface area contributed by atoms with Gasteiger partial charge in [-0.05, 0) is 37.1 Å². The van der Waals surface area contributed by atoms with Crippen molar-refractivity contribution in [3.63, 3.8) is 0 Å². The lowest BCUT2D eigenvalue weighted by Gasteiger charge is -2.37. The molecule has 1 saturated heterocycles. The Morgan fingerprint density at radius 2 is 2.14 bits per heavy atom. The number of piperidine rings is 1. The van der Waals surface area contributed by atoms with E-state index in [0.717, 1.165) is 19.3 Å². The zero-order valence-corrected chi connectivity index (χ0v) is 13.7. The van der Waals surface area contributed by atoms with Gasteiger partial charge in [0.1, 0.15) is 4.75 Å². The highest BCUT2D eigenvalue weighted by molar-refractivity contribution is 8.01. The molecular formula is C16H18N2OS2. The minimum absolute atomic E-state index is 0.0197. The third-order valence-corrected chi connectivity index (χ3v) is 6.99. The molecular weight excluding hydrogens is 300 g/mol.